The number of H-pyrrole nitrogens is 1. The highest BCUT2D eigenvalue weighted by atomic mass is 16.6. The van der Waals surface area contributed by atoms with Crippen molar-refractivity contribution in [3.05, 3.63) is 87.7 Å². The molecule has 1 N–H and O–H groups in total. The normalized spacial score (nSPS) is 10.6. The minimum atomic E-state index is -0.407. The number of nitro groups is 1. The molecular formula is C19H20N4O2. The fraction of sp³-hybridized carbons (Fsp3) is 0.211. The average molecular weight is 336 g/mol. The van der Waals surface area contributed by atoms with Gasteiger partial charge in [-0.2, -0.15) is 4.98 Å². The summed E-state index contributed by atoms with van der Waals surface area (Å²) < 4.78 is 0. The minimum absolute atomic E-state index is 0.0542. The first kappa shape index (κ1) is 16.7. The number of nitrogens with zero attached hydrogens (tertiary/aromatic N) is 3. The average Bonchev–Trinajstić information content (AvgIpc) is 3.02. The van der Waals surface area contributed by atoms with Crippen LogP contribution in [0.2, 0.25) is 0 Å². The Morgan fingerprint density at radius 3 is 2.24 bits per heavy atom. The molecule has 0 atom stereocenters. The van der Waals surface area contributed by atoms with Crippen molar-refractivity contribution in [1.82, 2.24) is 9.97 Å². The lowest BCUT2D eigenvalue weighted by atomic mass is 10.1. The van der Waals surface area contributed by atoms with E-state index in [9.17, 15) is 10.1 Å². The molecule has 0 unspecified atom stereocenters. The van der Waals surface area contributed by atoms with E-state index in [0.29, 0.717) is 24.7 Å². The largest absolute Gasteiger partial charge is 0.365 e. The van der Waals surface area contributed by atoms with Crippen LogP contribution in [0.15, 0.2) is 60.7 Å². The van der Waals surface area contributed by atoms with Crippen LogP contribution in [0.1, 0.15) is 17.0 Å². The van der Waals surface area contributed by atoms with Gasteiger partial charge in [-0.25, -0.2) is 4.98 Å². The standard InChI is InChI=1S/C19H20N4O2/c1-15-20-18(19(21-15)23(24)25)22(14-17-10-6-3-7-11-17)13-12-16-8-4-2-5-9-16/h2-11H,12-14H2,1H3,(H,20,21). The number of rotatable bonds is 7. The minimum Gasteiger partial charge on any atom is -0.358 e. The predicted octanol–water partition coefficient (Wildman–Crippen LogP) is 3.88. The molecule has 0 saturated carbocycles. The summed E-state index contributed by atoms with van der Waals surface area (Å²) in [6.45, 7) is 2.94. The number of hydrogen-bond acceptors (Lipinski definition) is 4. The van der Waals surface area contributed by atoms with E-state index in [-0.39, 0.29) is 5.82 Å². The van der Waals surface area contributed by atoms with Gasteiger partial charge in [-0.1, -0.05) is 60.7 Å². The molecule has 0 spiro atoms. The first-order valence-corrected chi connectivity index (χ1v) is 8.17. The van der Waals surface area contributed by atoms with E-state index in [1.165, 1.54) is 5.56 Å². The summed E-state index contributed by atoms with van der Waals surface area (Å²) in [6.07, 6.45) is 0.788. The second-order valence-corrected chi connectivity index (χ2v) is 5.89. The van der Waals surface area contributed by atoms with Gasteiger partial charge in [-0.15, -0.1) is 0 Å². The van der Waals surface area contributed by atoms with Gasteiger partial charge in [0.1, 0.15) is 0 Å². The van der Waals surface area contributed by atoms with Crippen LogP contribution in [0, 0.1) is 17.0 Å². The van der Waals surface area contributed by atoms with E-state index in [1.54, 1.807) is 6.92 Å². The third-order valence-corrected chi connectivity index (χ3v) is 4.00. The summed E-state index contributed by atoms with van der Waals surface area (Å²) in [7, 11) is 0. The molecule has 0 amide bonds. The van der Waals surface area contributed by atoms with Crippen molar-refractivity contribution < 1.29 is 4.92 Å². The molecule has 0 saturated heterocycles. The maximum atomic E-state index is 11.4. The molecule has 128 valence electrons. The zero-order valence-electron chi connectivity index (χ0n) is 14.1. The number of aromatic amines is 1. The first-order valence-electron chi connectivity index (χ1n) is 8.17. The molecule has 1 heterocycles. The third-order valence-electron chi connectivity index (χ3n) is 4.00. The van der Waals surface area contributed by atoms with Crippen LogP contribution < -0.4 is 4.90 Å². The second-order valence-electron chi connectivity index (χ2n) is 5.89. The topological polar surface area (TPSA) is 75.1 Å². The van der Waals surface area contributed by atoms with Gasteiger partial charge >= 0.3 is 5.82 Å². The quantitative estimate of drug-likeness (QED) is 0.525. The molecule has 1 aromatic heterocycles. The highest BCUT2D eigenvalue weighted by Crippen LogP contribution is 2.26. The molecule has 0 aliphatic carbocycles. The van der Waals surface area contributed by atoms with Crippen LogP contribution in [-0.2, 0) is 13.0 Å². The number of imidazole rings is 1. The molecule has 3 aromatic rings. The summed E-state index contributed by atoms with van der Waals surface area (Å²) >= 11 is 0. The molecule has 0 aliphatic rings. The van der Waals surface area contributed by atoms with Crippen molar-refractivity contribution in [2.45, 2.75) is 19.9 Å². The second kappa shape index (κ2) is 7.61. The fourth-order valence-electron chi connectivity index (χ4n) is 2.79. The molecule has 25 heavy (non-hydrogen) atoms. The van der Waals surface area contributed by atoms with E-state index in [1.807, 2.05) is 53.4 Å². The van der Waals surface area contributed by atoms with Gasteiger partial charge in [0.25, 0.3) is 0 Å². The predicted molar refractivity (Wildman–Crippen MR) is 97.6 cm³/mol. The van der Waals surface area contributed by atoms with E-state index in [4.69, 9.17) is 0 Å². The van der Waals surface area contributed by atoms with E-state index < -0.39 is 4.92 Å². The number of hydrogen-bond donors (Lipinski definition) is 1. The zero-order chi connectivity index (χ0) is 17.6. The van der Waals surface area contributed by atoms with Crippen LogP contribution in [0.25, 0.3) is 0 Å². The number of aromatic nitrogens is 2. The van der Waals surface area contributed by atoms with E-state index in [0.717, 1.165) is 12.0 Å². The number of benzene rings is 2. The Morgan fingerprint density at radius 2 is 1.64 bits per heavy atom. The van der Waals surface area contributed by atoms with Crippen molar-refractivity contribution in [2.75, 3.05) is 11.4 Å². The molecule has 3 rings (SSSR count). The maximum absolute atomic E-state index is 11.4. The highest BCUT2D eigenvalue weighted by Gasteiger charge is 2.24. The number of aryl methyl sites for hydroxylation is 1. The SMILES string of the molecule is Cc1nc(N(CCc2ccccc2)Cc2ccccc2)c([N+](=O)[O-])[nH]1. The molecular weight excluding hydrogens is 316 g/mol. The van der Waals surface area contributed by atoms with Gasteiger partial charge in [0.05, 0.1) is 0 Å². The van der Waals surface area contributed by atoms with Crippen molar-refractivity contribution in [3.8, 4) is 0 Å². The van der Waals surface area contributed by atoms with Crippen LogP contribution in [0.5, 0.6) is 0 Å². The number of anilines is 1. The Morgan fingerprint density at radius 1 is 1.04 bits per heavy atom. The van der Waals surface area contributed by atoms with Gasteiger partial charge in [-0.3, -0.25) is 0 Å². The summed E-state index contributed by atoms with van der Waals surface area (Å²) in [6, 6.07) is 20.0. The molecule has 6 nitrogen and oxygen atoms in total. The first-order chi connectivity index (χ1) is 12.1. The molecule has 0 bridgehead atoms. The zero-order valence-corrected chi connectivity index (χ0v) is 14.1. The van der Waals surface area contributed by atoms with Gasteiger partial charge in [0.2, 0.25) is 5.82 Å². The van der Waals surface area contributed by atoms with E-state index >= 15 is 0 Å². The van der Waals surface area contributed by atoms with Gasteiger partial charge in [0, 0.05) is 20.0 Å². The highest BCUT2D eigenvalue weighted by molar-refractivity contribution is 5.55. The molecule has 0 fully saturated rings. The monoisotopic (exact) mass is 336 g/mol. The van der Waals surface area contributed by atoms with E-state index in [2.05, 4.69) is 22.1 Å². The van der Waals surface area contributed by atoms with Crippen LogP contribution in [0.3, 0.4) is 0 Å². The summed E-state index contributed by atoms with van der Waals surface area (Å²) in [5.41, 5.74) is 2.28. The lowest BCUT2D eigenvalue weighted by Crippen LogP contribution is -2.26. The van der Waals surface area contributed by atoms with Gasteiger partial charge in [0.15, 0.2) is 5.82 Å². The lowest BCUT2D eigenvalue weighted by Gasteiger charge is -2.22. The fourth-order valence-corrected chi connectivity index (χ4v) is 2.79. The Hall–Kier alpha value is -3.15. The van der Waals surface area contributed by atoms with Crippen molar-refractivity contribution in [3.63, 3.8) is 0 Å². The van der Waals surface area contributed by atoms with Crippen LogP contribution in [0.4, 0.5) is 11.6 Å². The Balaban J connectivity index is 1.87. The smallest absolute Gasteiger partial charge is 0.358 e. The molecule has 0 radical (unpaired) electrons. The summed E-state index contributed by atoms with van der Waals surface area (Å²) in [5.74, 6) is 0.878. The van der Waals surface area contributed by atoms with Crippen molar-refractivity contribution in [1.29, 1.82) is 0 Å². The number of nitrogens with one attached hydrogen (secondary N) is 1. The molecule has 0 aliphatic heterocycles. The molecule has 2 aromatic carbocycles. The Kier molecular flexibility index (Phi) is 5.09. The third kappa shape index (κ3) is 4.23. The Labute approximate surface area is 146 Å². The van der Waals surface area contributed by atoms with Gasteiger partial charge < -0.3 is 15.0 Å². The maximum Gasteiger partial charge on any atom is 0.365 e. The summed E-state index contributed by atoms with van der Waals surface area (Å²) in [5, 5.41) is 11.4. The molecule has 6 heteroatoms. The van der Waals surface area contributed by atoms with Crippen molar-refractivity contribution in [2.24, 2.45) is 0 Å². The summed E-state index contributed by atoms with van der Waals surface area (Å²) in [4.78, 5) is 20.1. The van der Waals surface area contributed by atoms with Gasteiger partial charge in [-0.05, 0) is 22.5 Å². The van der Waals surface area contributed by atoms with Crippen LogP contribution in [-0.4, -0.2) is 21.4 Å². The van der Waals surface area contributed by atoms with Crippen molar-refractivity contribution >= 4 is 11.6 Å². The Bertz CT molecular complexity index is 831. The van der Waals surface area contributed by atoms with Crippen LogP contribution >= 0.6 is 0 Å². The lowest BCUT2D eigenvalue weighted by molar-refractivity contribution is -0.388.